The van der Waals surface area contributed by atoms with E-state index in [9.17, 15) is 36.7 Å². The van der Waals surface area contributed by atoms with E-state index in [0.717, 1.165) is 6.42 Å². The van der Waals surface area contributed by atoms with E-state index in [1.54, 1.807) is 0 Å². The van der Waals surface area contributed by atoms with E-state index in [-0.39, 0.29) is 55.7 Å². The lowest BCUT2D eigenvalue weighted by molar-refractivity contribution is -0.281. The van der Waals surface area contributed by atoms with Gasteiger partial charge in [-0.1, -0.05) is 0 Å². The van der Waals surface area contributed by atoms with Gasteiger partial charge in [-0.2, -0.15) is 17.2 Å². The van der Waals surface area contributed by atoms with Crippen molar-refractivity contribution >= 4 is 28.0 Å². The van der Waals surface area contributed by atoms with Gasteiger partial charge in [0.05, 0.1) is 29.3 Å². The number of halogens is 2. The van der Waals surface area contributed by atoms with Crippen molar-refractivity contribution < 1.29 is 64.9 Å². The molecular formula is C24H30F2O12S. The number of hydrogen-bond donors (Lipinski definition) is 2. The van der Waals surface area contributed by atoms with Crippen LogP contribution in [0, 0.1) is 23.7 Å². The topological polar surface area (TPSA) is 172 Å². The number of alkyl halides is 2. The lowest BCUT2D eigenvalue weighted by Gasteiger charge is -2.64. The van der Waals surface area contributed by atoms with Crippen molar-refractivity contribution in [3.8, 4) is 0 Å². The van der Waals surface area contributed by atoms with E-state index in [0.29, 0.717) is 32.1 Å². The molecular weight excluding hydrogens is 550 g/mol. The molecule has 1 aliphatic heterocycles. The number of carbonyl (C=O) groups excluding carboxylic acids is 3. The molecule has 39 heavy (non-hydrogen) atoms. The predicted molar refractivity (Wildman–Crippen MR) is 120 cm³/mol. The Morgan fingerprint density at radius 1 is 1.05 bits per heavy atom. The van der Waals surface area contributed by atoms with Crippen molar-refractivity contribution in [2.24, 2.45) is 23.7 Å². The van der Waals surface area contributed by atoms with Gasteiger partial charge in [-0.25, -0.2) is 9.59 Å². The van der Waals surface area contributed by atoms with Gasteiger partial charge in [-0.15, -0.1) is 0 Å². The third kappa shape index (κ3) is 4.53. The molecule has 7 fully saturated rings. The molecule has 7 aliphatic rings. The van der Waals surface area contributed by atoms with Crippen LogP contribution in [0.1, 0.15) is 51.4 Å². The number of ether oxygens (including phenoxy) is 5. The maximum atomic E-state index is 13.4. The van der Waals surface area contributed by atoms with E-state index < -0.39 is 62.9 Å². The number of hydrogen-bond acceptors (Lipinski definition) is 11. The minimum Gasteiger partial charge on any atom is -0.458 e. The zero-order valence-electron chi connectivity index (χ0n) is 20.9. The smallest absolute Gasteiger partial charge is 0.458 e. The van der Waals surface area contributed by atoms with Gasteiger partial charge in [0.25, 0.3) is 0 Å². The van der Waals surface area contributed by atoms with E-state index in [2.05, 4.69) is 4.74 Å². The molecule has 218 valence electrons. The van der Waals surface area contributed by atoms with Gasteiger partial charge < -0.3 is 28.8 Å². The normalized spacial score (nSPS) is 43.5. The molecule has 2 N–H and O–H groups in total. The van der Waals surface area contributed by atoms with Crippen molar-refractivity contribution in [3.63, 3.8) is 0 Å². The van der Waals surface area contributed by atoms with Crippen LogP contribution in [-0.2, 0) is 48.2 Å². The molecule has 9 atom stereocenters. The van der Waals surface area contributed by atoms with Crippen LogP contribution in [0.4, 0.5) is 8.78 Å². The molecule has 7 rings (SSSR count). The van der Waals surface area contributed by atoms with E-state index in [4.69, 9.17) is 23.5 Å². The van der Waals surface area contributed by atoms with Gasteiger partial charge in [-0.3, -0.25) is 9.35 Å². The summed E-state index contributed by atoms with van der Waals surface area (Å²) in [6.45, 7) is -1.43. The molecule has 0 aromatic rings. The monoisotopic (exact) mass is 580 g/mol. The Bertz CT molecular complexity index is 1190. The van der Waals surface area contributed by atoms with Crippen LogP contribution >= 0.6 is 0 Å². The largest absolute Gasteiger partial charge is 0.465 e. The van der Waals surface area contributed by atoms with Crippen LogP contribution in [0.3, 0.4) is 0 Å². The van der Waals surface area contributed by atoms with Crippen LogP contribution in [-0.4, -0.2) is 90.1 Å². The molecule has 0 aromatic carbocycles. The number of rotatable bonds is 10. The van der Waals surface area contributed by atoms with Crippen LogP contribution in [0.5, 0.6) is 0 Å². The minimum absolute atomic E-state index is 0.00841. The van der Waals surface area contributed by atoms with Crippen molar-refractivity contribution in [2.45, 2.75) is 85.6 Å². The standard InChI is InChI=1S/C24H30F2O12S/c25-24(26,39(31,32)33)20(29)34-1-2-35-22-6-12-5-21(30,9-22)10-23(7-12,11-22)36-8-16(27)37-17-13-3-14-15(4-13)19(28)38-18(14)17/h12-15,17-18,30H,1-11H2,(H,31,32,33). The van der Waals surface area contributed by atoms with Crippen LogP contribution < -0.4 is 0 Å². The third-order valence-electron chi connectivity index (χ3n) is 9.40. The fourth-order valence-electron chi connectivity index (χ4n) is 8.58. The van der Waals surface area contributed by atoms with E-state index in [1.807, 2.05) is 0 Å². The lowest BCUT2D eigenvalue weighted by atomic mass is 9.50. The summed E-state index contributed by atoms with van der Waals surface area (Å²) in [6.07, 6.45) is 3.01. The molecule has 6 saturated carbocycles. The Morgan fingerprint density at radius 2 is 1.74 bits per heavy atom. The Hall–Kier alpha value is -1.94. The molecule has 0 amide bonds. The quantitative estimate of drug-likeness (QED) is 0.161. The summed E-state index contributed by atoms with van der Waals surface area (Å²) < 4.78 is 84.1. The summed E-state index contributed by atoms with van der Waals surface area (Å²) in [6, 6.07) is 0. The first kappa shape index (κ1) is 27.2. The Balaban J connectivity index is 1.04. The summed E-state index contributed by atoms with van der Waals surface area (Å²) in [7, 11) is -5.98. The highest BCUT2D eigenvalue weighted by molar-refractivity contribution is 7.87. The molecule has 9 unspecified atom stereocenters. The van der Waals surface area contributed by atoms with Crippen LogP contribution in [0.15, 0.2) is 0 Å². The van der Waals surface area contributed by atoms with Gasteiger partial charge in [0.2, 0.25) is 0 Å². The second-order valence-corrected chi connectivity index (χ2v) is 13.7. The highest BCUT2D eigenvalue weighted by Gasteiger charge is 2.65. The van der Waals surface area contributed by atoms with Crippen LogP contribution in [0.25, 0.3) is 0 Å². The molecule has 0 aromatic heterocycles. The van der Waals surface area contributed by atoms with Gasteiger partial charge in [0, 0.05) is 31.1 Å². The third-order valence-corrected chi connectivity index (χ3v) is 10.2. The molecule has 6 bridgehead atoms. The zero-order valence-corrected chi connectivity index (χ0v) is 21.7. The van der Waals surface area contributed by atoms with Crippen molar-refractivity contribution in [1.82, 2.24) is 0 Å². The maximum Gasteiger partial charge on any atom is 0.465 e. The fraction of sp³-hybridized carbons (Fsp3) is 0.875. The fourth-order valence-corrected chi connectivity index (χ4v) is 8.85. The molecule has 1 heterocycles. The summed E-state index contributed by atoms with van der Waals surface area (Å²) in [5.74, 6) is -3.15. The van der Waals surface area contributed by atoms with Gasteiger partial charge in [-0.05, 0) is 38.0 Å². The molecule has 0 radical (unpaired) electrons. The molecule has 1 saturated heterocycles. The second kappa shape index (κ2) is 8.78. The molecule has 6 aliphatic carbocycles. The molecule has 12 nitrogen and oxygen atoms in total. The molecule has 0 spiro atoms. The van der Waals surface area contributed by atoms with Crippen molar-refractivity contribution in [2.75, 3.05) is 19.8 Å². The Kier molecular flexibility index (Phi) is 6.13. The number of esters is 3. The number of aliphatic hydroxyl groups is 1. The zero-order chi connectivity index (χ0) is 28.0. The number of carbonyl (C=O) groups is 3. The first-order valence-corrected chi connectivity index (χ1v) is 14.5. The van der Waals surface area contributed by atoms with Crippen LogP contribution in [0.2, 0.25) is 0 Å². The predicted octanol–water partition coefficient (Wildman–Crippen LogP) is 0.743. The first-order chi connectivity index (χ1) is 18.1. The highest BCUT2D eigenvalue weighted by atomic mass is 32.2. The van der Waals surface area contributed by atoms with E-state index in [1.165, 1.54) is 0 Å². The Labute approximate surface area is 222 Å². The molecule has 15 heteroatoms. The average molecular weight is 581 g/mol. The number of fused-ring (bicyclic) bond motifs is 1. The average Bonchev–Trinajstić information content (AvgIpc) is 3.43. The summed E-state index contributed by atoms with van der Waals surface area (Å²) in [5.41, 5.74) is -2.94. The SMILES string of the molecule is O=C(COC12CC3CC(O)(CC(OCCOC(=O)C(F)(F)S(=O)(=O)O)(C3)C1)C2)OC1C2CC3C(=O)OC1C3C2. The van der Waals surface area contributed by atoms with Gasteiger partial charge >= 0.3 is 33.3 Å². The second-order valence-electron chi connectivity index (χ2n) is 12.2. The van der Waals surface area contributed by atoms with Gasteiger partial charge in [0.1, 0.15) is 25.4 Å². The van der Waals surface area contributed by atoms with Crippen molar-refractivity contribution in [1.29, 1.82) is 0 Å². The summed E-state index contributed by atoms with van der Waals surface area (Å²) >= 11 is 0. The first-order valence-electron chi connectivity index (χ1n) is 13.1. The summed E-state index contributed by atoms with van der Waals surface area (Å²) in [4.78, 5) is 36.1. The van der Waals surface area contributed by atoms with Crippen molar-refractivity contribution in [3.05, 3.63) is 0 Å². The van der Waals surface area contributed by atoms with Gasteiger partial charge in [0.15, 0.2) is 0 Å². The maximum absolute atomic E-state index is 13.4. The van der Waals surface area contributed by atoms with E-state index >= 15 is 0 Å². The summed E-state index contributed by atoms with van der Waals surface area (Å²) in [5, 5.41) is 6.13. The lowest BCUT2D eigenvalue weighted by Crippen LogP contribution is -2.67. The Morgan fingerprint density at radius 3 is 2.41 bits per heavy atom. The highest BCUT2D eigenvalue weighted by Crippen LogP contribution is 2.62. The minimum atomic E-state index is -5.98.